The second-order valence-electron chi connectivity index (χ2n) is 26.7. The Hall–Kier alpha value is -0.400. The first-order valence-corrected chi connectivity index (χ1v) is 30.0. The first-order chi connectivity index (χ1) is 32.9. The van der Waals surface area contributed by atoms with E-state index in [1.807, 2.05) is 0 Å². The van der Waals surface area contributed by atoms with E-state index in [9.17, 15) is 0 Å². The van der Waals surface area contributed by atoms with Crippen molar-refractivity contribution in [2.75, 3.05) is 115 Å². The van der Waals surface area contributed by atoms with Crippen LogP contribution in [0.2, 0.25) is 0 Å². The highest BCUT2D eigenvalue weighted by molar-refractivity contribution is 4.96. The van der Waals surface area contributed by atoms with Gasteiger partial charge in [-0.15, -0.1) is 0 Å². The molecule has 4 saturated carbocycles. The maximum atomic E-state index is 3.58. The molecule has 68 heavy (non-hydrogen) atoms. The van der Waals surface area contributed by atoms with Gasteiger partial charge in [0.2, 0.25) is 0 Å². The van der Waals surface area contributed by atoms with E-state index >= 15 is 0 Å². The Morgan fingerprint density at radius 3 is 0.912 bits per heavy atom. The van der Waals surface area contributed by atoms with Gasteiger partial charge in [0.25, 0.3) is 0 Å². The van der Waals surface area contributed by atoms with Crippen LogP contribution in [0.15, 0.2) is 0 Å². The molecule has 4 aliphatic carbocycles. The predicted molar refractivity (Wildman–Crippen MR) is 287 cm³/mol. The number of piperidine rings is 4. The maximum absolute atomic E-state index is 3.58. The molecule has 10 unspecified atom stereocenters. The molecule has 0 aromatic carbocycles. The first-order valence-electron chi connectivity index (χ1n) is 30.0. The van der Waals surface area contributed by atoms with E-state index in [0.717, 1.165) is 96.0 Å². The van der Waals surface area contributed by atoms with E-state index in [1.165, 1.54) is 219 Å². The lowest BCUT2D eigenvalue weighted by molar-refractivity contribution is 0.179. The summed E-state index contributed by atoms with van der Waals surface area (Å²) < 4.78 is 0. The van der Waals surface area contributed by atoms with Gasteiger partial charge in [-0.2, -0.15) is 0 Å². The van der Waals surface area contributed by atoms with E-state index in [-0.39, 0.29) is 0 Å². The minimum atomic E-state index is 0.814. The second kappa shape index (κ2) is 24.8. The van der Waals surface area contributed by atoms with Crippen molar-refractivity contribution in [3.63, 3.8) is 0 Å². The van der Waals surface area contributed by atoms with E-state index in [1.54, 1.807) is 0 Å². The van der Waals surface area contributed by atoms with Crippen LogP contribution in [0, 0.1) is 29.6 Å². The fraction of sp³-hybridized carbons (Fsp3) is 1.00. The summed E-state index contributed by atoms with van der Waals surface area (Å²) in [6, 6.07) is 10.1. The summed E-state index contributed by atoms with van der Waals surface area (Å²) in [5.74, 6) is 5.38. The van der Waals surface area contributed by atoms with Crippen molar-refractivity contribution in [2.45, 2.75) is 227 Å². The molecule has 12 aliphatic heterocycles. The number of likely N-dealkylation sites (tertiary alicyclic amines) is 5. The van der Waals surface area contributed by atoms with Crippen LogP contribution in [0.4, 0.5) is 0 Å². The van der Waals surface area contributed by atoms with Gasteiger partial charge in [0, 0.05) is 125 Å². The van der Waals surface area contributed by atoms with Crippen LogP contribution in [0.5, 0.6) is 0 Å². The van der Waals surface area contributed by atoms with Gasteiger partial charge in [0.15, 0.2) is 0 Å². The number of nitrogens with zero attached hydrogens (tertiary/aromatic N) is 8. The molecule has 14 bridgehead atoms. The summed E-state index contributed by atoms with van der Waals surface area (Å²) >= 11 is 0. The number of rotatable bonds is 0. The minimum absolute atomic E-state index is 0.814. The summed E-state index contributed by atoms with van der Waals surface area (Å²) in [5.41, 5.74) is 0. The predicted octanol–water partition coefficient (Wildman–Crippen LogP) is 7.63. The molecular weight excluding hydrogens is 837 g/mol. The van der Waals surface area contributed by atoms with Crippen LogP contribution in [-0.4, -0.2) is 221 Å². The molecule has 0 aromatic heterocycles. The van der Waals surface area contributed by atoms with Crippen LogP contribution >= 0.6 is 0 Å². The SMILES string of the molecule is CN1C2CCC1CC2.CN1C2CCC1CNC2.CN1C2CCCC1CC2.CN1CC2CCC(C1)N2.CN1CC2CCC1C2.CN1CC2CCCC2C1.CN1C[C@H]2CC[C@@H]1C2.CN1C[C@H]2CC[C@@H]1C2. The third-order valence-electron chi connectivity index (χ3n) is 22.0. The van der Waals surface area contributed by atoms with Crippen LogP contribution in [0.25, 0.3) is 0 Å². The fourth-order valence-electron chi connectivity index (χ4n) is 17.5. The molecule has 10 nitrogen and oxygen atoms in total. The smallest absolute Gasteiger partial charge is 0.0221 e. The number of fused-ring (bicyclic) bond motifs is 15. The average molecular weight is 948 g/mol. The van der Waals surface area contributed by atoms with Crippen molar-refractivity contribution >= 4 is 0 Å². The summed E-state index contributed by atoms with van der Waals surface area (Å²) in [5, 5.41) is 7.01. The summed E-state index contributed by atoms with van der Waals surface area (Å²) in [7, 11) is 18.0. The van der Waals surface area contributed by atoms with Gasteiger partial charge in [0.1, 0.15) is 0 Å². The fourth-order valence-corrected chi connectivity index (χ4v) is 17.5. The van der Waals surface area contributed by atoms with E-state index in [4.69, 9.17) is 0 Å². The van der Waals surface area contributed by atoms with Gasteiger partial charge in [-0.3, -0.25) is 4.90 Å². The lowest BCUT2D eigenvalue weighted by Gasteiger charge is -2.31. The lowest BCUT2D eigenvalue weighted by Crippen LogP contribution is -2.49. The van der Waals surface area contributed by atoms with Gasteiger partial charge in [0.05, 0.1) is 0 Å². The molecule has 16 aliphatic rings. The minimum Gasteiger partial charge on any atom is -0.314 e. The summed E-state index contributed by atoms with van der Waals surface area (Å²) in [6.45, 7) is 11.8. The van der Waals surface area contributed by atoms with Crippen LogP contribution < -0.4 is 10.6 Å². The van der Waals surface area contributed by atoms with Crippen molar-refractivity contribution in [3.05, 3.63) is 0 Å². The zero-order chi connectivity index (χ0) is 47.3. The number of likely N-dealkylation sites (N-methyl/N-ethyl adjacent to an activating group) is 2. The standard InChI is InChI=1S/2C8H15N.2C7H14N2.4C7H13N/c1-9-5-7-3-2-4-8(7)6-9;1-9-7-3-2-4-8(9)6-5-7;1-9-4-6-2-3-7(5-9)8-6;1-9-6-2-3-7(9)5-8-4-6;3*1-8-5-6-2-3-7(8)4-6;1-8-6-2-3-7(8)5-4-6/h2*7-8H,2-6H2,1H3;2*6-8H,2-5H2,1H3;4*6-7H,2-5H2,1H3/t;;;;2*6-,7+;;/m....00../s1. The van der Waals surface area contributed by atoms with Gasteiger partial charge in [-0.1, -0.05) is 12.8 Å². The van der Waals surface area contributed by atoms with Crippen molar-refractivity contribution in [2.24, 2.45) is 29.6 Å². The molecular formula is C58H110N10. The van der Waals surface area contributed by atoms with Crippen molar-refractivity contribution < 1.29 is 0 Å². The van der Waals surface area contributed by atoms with Crippen LogP contribution in [-0.2, 0) is 0 Å². The Bertz CT molecular complexity index is 1330. The molecule has 10 heteroatoms. The van der Waals surface area contributed by atoms with Crippen LogP contribution in [0.1, 0.15) is 161 Å². The third-order valence-corrected chi connectivity index (χ3v) is 22.0. The topological polar surface area (TPSA) is 50.0 Å². The number of piperazine rings is 2. The molecule has 0 aromatic rings. The summed E-state index contributed by atoms with van der Waals surface area (Å²) in [4.78, 5) is 20.1. The molecule has 0 spiro atoms. The number of hydrogen-bond donors (Lipinski definition) is 2. The highest BCUT2D eigenvalue weighted by Crippen LogP contribution is 2.39. The highest BCUT2D eigenvalue weighted by Gasteiger charge is 2.39. The van der Waals surface area contributed by atoms with E-state index < -0.39 is 0 Å². The second-order valence-corrected chi connectivity index (χ2v) is 26.7. The Labute approximate surface area is 420 Å². The Balaban J connectivity index is 0.0000000971. The van der Waals surface area contributed by atoms with Gasteiger partial charge < -0.3 is 44.9 Å². The average Bonchev–Trinajstić information content (AvgIpc) is 4.16. The molecule has 16 rings (SSSR count). The van der Waals surface area contributed by atoms with Crippen LogP contribution in [0.3, 0.4) is 0 Å². The van der Waals surface area contributed by atoms with E-state index in [0.29, 0.717) is 0 Å². The molecule has 0 radical (unpaired) electrons. The zero-order valence-electron chi connectivity index (χ0n) is 45.9. The number of nitrogens with one attached hydrogen (secondary N) is 2. The molecule has 12 saturated heterocycles. The normalized spacial score (nSPS) is 44.8. The first kappa shape index (κ1) is 52.5. The lowest BCUT2D eigenvalue weighted by atomic mass is 10.0. The van der Waals surface area contributed by atoms with Crippen molar-refractivity contribution in [3.8, 4) is 0 Å². The van der Waals surface area contributed by atoms with Gasteiger partial charge in [-0.25, -0.2) is 0 Å². The summed E-state index contributed by atoms with van der Waals surface area (Å²) in [6.07, 6.45) is 36.8. The Morgan fingerprint density at radius 1 is 0.294 bits per heavy atom. The molecule has 2 N–H and O–H groups in total. The van der Waals surface area contributed by atoms with Crippen molar-refractivity contribution in [1.29, 1.82) is 0 Å². The zero-order valence-corrected chi connectivity index (χ0v) is 45.9. The molecule has 14 atom stereocenters. The molecule has 16 fully saturated rings. The Kier molecular flexibility index (Phi) is 19.1. The molecule has 0 amide bonds. The monoisotopic (exact) mass is 947 g/mol. The quantitative estimate of drug-likeness (QED) is 0.254. The molecule has 12 heterocycles. The van der Waals surface area contributed by atoms with Crippen molar-refractivity contribution in [1.82, 2.24) is 49.8 Å². The van der Waals surface area contributed by atoms with Gasteiger partial charge in [-0.05, 0) is 234 Å². The number of hydrogen-bond acceptors (Lipinski definition) is 10. The van der Waals surface area contributed by atoms with E-state index in [2.05, 4.69) is 106 Å². The van der Waals surface area contributed by atoms with Gasteiger partial charge >= 0.3 is 0 Å². The Morgan fingerprint density at radius 2 is 0.618 bits per heavy atom. The largest absolute Gasteiger partial charge is 0.314 e. The molecule has 392 valence electrons. The maximum Gasteiger partial charge on any atom is 0.0221 e. The highest BCUT2D eigenvalue weighted by atomic mass is 15.3. The third kappa shape index (κ3) is 13.7.